The lowest BCUT2D eigenvalue weighted by Gasteiger charge is -2.39. The highest BCUT2D eigenvalue weighted by Gasteiger charge is 2.34. The molecule has 3 aromatic heterocycles. The molecule has 3 aromatic rings. The number of fused-ring (bicyclic) bond motifs is 1. The number of nitrogens with zero attached hydrogens (tertiary/aromatic N) is 4. The van der Waals surface area contributed by atoms with E-state index >= 15 is 0 Å². The van der Waals surface area contributed by atoms with Crippen LogP contribution in [-0.4, -0.2) is 64.5 Å². The fourth-order valence-corrected chi connectivity index (χ4v) is 4.51. The van der Waals surface area contributed by atoms with Crippen molar-refractivity contribution < 1.29 is 18.7 Å². The Morgan fingerprint density at radius 3 is 2.82 bits per heavy atom. The molecular weight excluding hydrogens is 447 g/mol. The van der Waals surface area contributed by atoms with Gasteiger partial charge in [0.05, 0.1) is 35.1 Å². The van der Waals surface area contributed by atoms with Crippen LogP contribution in [0.3, 0.4) is 0 Å². The lowest BCUT2D eigenvalue weighted by Crippen LogP contribution is -2.61. The molecular formula is C22H25FN6O3S. The number of carbonyl (C=O) groups excluding carboxylic acids is 2. The summed E-state index contributed by atoms with van der Waals surface area (Å²) in [4.78, 5) is 40.7. The van der Waals surface area contributed by atoms with Crippen molar-refractivity contribution in [3.8, 4) is 0 Å². The number of pyridine rings is 1. The molecule has 1 aliphatic rings. The van der Waals surface area contributed by atoms with Crippen LogP contribution in [0, 0.1) is 12.7 Å². The number of aryl methyl sites for hydroxylation is 1. The fraction of sp³-hybridized carbons (Fsp3) is 0.409. The zero-order valence-electron chi connectivity index (χ0n) is 18.6. The van der Waals surface area contributed by atoms with E-state index in [9.17, 15) is 14.0 Å². The van der Waals surface area contributed by atoms with E-state index in [2.05, 4.69) is 25.6 Å². The smallest absolute Gasteiger partial charge is 0.274 e. The number of hydrogen-bond donors (Lipinski definition) is 2. The van der Waals surface area contributed by atoms with Crippen LogP contribution in [0.2, 0.25) is 0 Å². The maximum atomic E-state index is 13.6. The van der Waals surface area contributed by atoms with Crippen molar-refractivity contribution in [3.63, 3.8) is 0 Å². The number of carbonyl (C=O) groups is 2. The van der Waals surface area contributed by atoms with Gasteiger partial charge in [-0.15, -0.1) is 11.3 Å². The van der Waals surface area contributed by atoms with Crippen molar-refractivity contribution in [2.45, 2.75) is 32.4 Å². The third-order valence-electron chi connectivity index (χ3n) is 5.34. The molecule has 0 aromatic carbocycles. The molecule has 0 aliphatic carbocycles. The normalized spacial score (nSPS) is 14.7. The Kier molecular flexibility index (Phi) is 6.80. The number of hydrogen-bond acceptors (Lipinski definition) is 8. The molecule has 4 rings (SSSR count). The number of ether oxygens (including phenoxy) is 1. The van der Waals surface area contributed by atoms with Gasteiger partial charge in [-0.3, -0.25) is 14.6 Å². The Labute approximate surface area is 194 Å². The third-order valence-corrected chi connectivity index (χ3v) is 6.38. The quantitative estimate of drug-likeness (QED) is 0.519. The second kappa shape index (κ2) is 9.75. The Morgan fingerprint density at radius 1 is 1.30 bits per heavy atom. The number of amides is 2. The third kappa shape index (κ3) is 5.25. The largest absolute Gasteiger partial charge is 0.384 e. The molecule has 9 nitrogen and oxygen atoms in total. The number of nitrogens with one attached hydrogen (secondary N) is 2. The van der Waals surface area contributed by atoms with Gasteiger partial charge in [0.25, 0.3) is 5.91 Å². The molecule has 0 unspecified atom stereocenters. The molecule has 1 aliphatic heterocycles. The lowest BCUT2D eigenvalue weighted by molar-refractivity contribution is -0.123. The van der Waals surface area contributed by atoms with Crippen molar-refractivity contribution in [1.29, 1.82) is 0 Å². The summed E-state index contributed by atoms with van der Waals surface area (Å²) < 4.78 is 19.2. The van der Waals surface area contributed by atoms with Gasteiger partial charge in [0, 0.05) is 37.7 Å². The summed E-state index contributed by atoms with van der Waals surface area (Å²) in [5.74, 6) is -0.455. The predicted octanol–water partition coefficient (Wildman–Crippen LogP) is 2.68. The zero-order valence-corrected chi connectivity index (χ0v) is 19.4. The van der Waals surface area contributed by atoms with Crippen LogP contribution in [0.1, 0.15) is 40.3 Å². The van der Waals surface area contributed by atoms with Crippen LogP contribution >= 0.6 is 11.3 Å². The van der Waals surface area contributed by atoms with Crippen molar-refractivity contribution in [2.75, 3.05) is 32.1 Å². The molecule has 0 radical (unpaired) electrons. The summed E-state index contributed by atoms with van der Waals surface area (Å²) in [5.41, 5.74) is 1.63. The van der Waals surface area contributed by atoms with E-state index in [1.807, 2.05) is 19.9 Å². The van der Waals surface area contributed by atoms with E-state index in [4.69, 9.17) is 4.74 Å². The Bertz CT molecular complexity index is 1180. The van der Waals surface area contributed by atoms with Gasteiger partial charge in [-0.1, -0.05) is 0 Å². The van der Waals surface area contributed by atoms with Crippen molar-refractivity contribution in [3.05, 3.63) is 46.5 Å². The maximum Gasteiger partial charge on any atom is 0.274 e. The maximum absolute atomic E-state index is 13.6. The van der Waals surface area contributed by atoms with Crippen LogP contribution in [0.4, 0.5) is 10.3 Å². The van der Waals surface area contributed by atoms with Gasteiger partial charge in [0.2, 0.25) is 11.9 Å². The summed E-state index contributed by atoms with van der Waals surface area (Å²) in [7, 11) is 1.55. The second-order valence-corrected chi connectivity index (χ2v) is 9.24. The van der Waals surface area contributed by atoms with E-state index in [-0.39, 0.29) is 36.3 Å². The van der Waals surface area contributed by atoms with Crippen molar-refractivity contribution in [2.24, 2.45) is 0 Å². The Balaban J connectivity index is 1.50. The van der Waals surface area contributed by atoms with Crippen LogP contribution < -0.4 is 10.6 Å². The summed E-state index contributed by atoms with van der Waals surface area (Å²) in [6.07, 6.45) is 3.00. The SMILES string of the molecule is COCCC(=O)NC1CN(C(=O)c2nc(N[C@@H](C)c3cncc(F)c3)nc3cc(C)sc23)C1. The molecule has 0 bridgehead atoms. The monoisotopic (exact) mass is 472 g/mol. The number of halogens is 1. The molecule has 0 saturated carbocycles. The Morgan fingerprint density at radius 2 is 2.09 bits per heavy atom. The standard InChI is InChI=1S/C22H25FN6O3S/c1-12-6-17-20(33-12)19(21(31)29-10-16(11-29)26-18(30)4-5-32-3)28-22(27-17)25-13(2)14-7-15(23)9-24-8-14/h6-9,13,16H,4-5,10-11H2,1-3H3,(H,26,30)(H,25,27,28)/t13-/m0/s1. The van der Waals surface area contributed by atoms with Gasteiger partial charge < -0.3 is 20.3 Å². The first-order chi connectivity index (χ1) is 15.8. The molecule has 4 heterocycles. The molecule has 33 heavy (non-hydrogen) atoms. The summed E-state index contributed by atoms with van der Waals surface area (Å²) in [5, 5.41) is 6.04. The minimum absolute atomic E-state index is 0.0844. The molecule has 1 atom stereocenters. The van der Waals surface area contributed by atoms with Crippen LogP contribution in [0.25, 0.3) is 10.2 Å². The van der Waals surface area contributed by atoms with E-state index in [1.165, 1.54) is 17.4 Å². The number of anilines is 1. The number of aromatic nitrogens is 3. The molecule has 174 valence electrons. The molecule has 1 fully saturated rings. The highest BCUT2D eigenvalue weighted by atomic mass is 32.1. The van der Waals surface area contributed by atoms with Gasteiger partial charge in [0.15, 0.2) is 5.69 Å². The number of thiophene rings is 1. The summed E-state index contributed by atoms with van der Waals surface area (Å²) in [6.45, 7) is 4.99. The van der Waals surface area contributed by atoms with Gasteiger partial charge in [-0.05, 0) is 31.5 Å². The Hall–Kier alpha value is -3.18. The highest BCUT2D eigenvalue weighted by Crippen LogP contribution is 2.30. The van der Waals surface area contributed by atoms with Crippen molar-refractivity contribution in [1.82, 2.24) is 25.2 Å². The fourth-order valence-electron chi connectivity index (χ4n) is 3.58. The average molecular weight is 473 g/mol. The average Bonchev–Trinajstić information content (AvgIpc) is 3.13. The molecule has 2 amide bonds. The summed E-state index contributed by atoms with van der Waals surface area (Å²) in [6, 6.07) is 2.90. The molecule has 1 saturated heterocycles. The first kappa shape index (κ1) is 23.0. The van der Waals surface area contributed by atoms with Crippen LogP contribution in [0.15, 0.2) is 24.5 Å². The van der Waals surface area contributed by atoms with Gasteiger partial charge in [-0.2, -0.15) is 0 Å². The minimum atomic E-state index is -0.427. The molecule has 2 N–H and O–H groups in total. The lowest BCUT2D eigenvalue weighted by atomic mass is 10.1. The minimum Gasteiger partial charge on any atom is -0.384 e. The first-order valence-electron chi connectivity index (χ1n) is 10.6. The van der Waals surface area contributed by atoms with Gasteiger partial charge >= 0.3 is 0 Å². The highest BCUT2D eigenvalue weighted by molar-refractivity contribution is 7.19. The van der Waals surface area contributed by atoms with E-state index in [0.29, 0.717) is 36.5 Å². The number of rotatable bonds is 8. The van der Waals surface area contributed by atoms with Crippen LogP contribution in [0.5, 0.6) is 0 Å². The van der Waals surface area contributed by atoms with E-state index in [1.54, 1.807) is 18.2 Å². The summed E-state index contributed by atoms with van der Waals surface area (Å²) >= 11 is 1.46. The first-order valence-corrected chi connectivity index (χ1v) is 11.4. The predicted molar refractivity (Wildman–Crippen MR) is 123 cm³/mol. The van der Waals surface area contributed by atoms with Gasteiger partial charge in [-0.25, -0.2) is 14.4 Å². The van der Waals surface area contributed by atoms with Crippen LogP contribution in [-0.2, 0) is 9.53 Å². The van der Waals surface area contributed by atoms with Gasteiger partial charge in [0.1, 0.15) is 5.82 Å². The topological polar surface area (TPSA) is 109 Å². The molecule has 0 spiro atoms. The number of likely N-dealkylation sites (tertiary alicyclic amines) is 1. The second-order valence-electron chi connectivity index (χ2n) is 7.99. The zero-order chi connectivity index (χ0) is 23.5. The molecule has 11 heteroatoms. The van der Waals surface area contributed by atoms with E-state index < -0.39 is 5.82 Å². The van der Waals surface area contributed by atoms with E-state index in [0.717, 1.165) is 15.8 Å². The number of methoxy groups -OCH3 is 1. The van der Waals surface area contributed by atoms with Crippen molar-refractivity contribution >= 4 is 39.3 Å².